The molecular formula is C20H22F3N3O3. The van der Waals surface area contributed by atoms with Crippen LogP contribution in [0.5, 0.6) is 5.75 Å². The van der Waals surface area contributed by atoms with Gasteiger partial charge in [-0.05, 0) is 36.9 Å². The summed E-state index contributed by atoms with van der Waals surface area (Å²) >= 11 is 0. The number of halogens is 3. The number of methoxy groups -OCH3 is 1. The third kappa shape index (κ3) is 6.21. The molecule has 2 aromatic carbocycles. The number of hydrogen-bond donors (Lipinski definition) is 1. The molecule has 0 spiro atoms. The molecule has 2 aromatic rings. The van der Waals surface area contributed by atoms with Crippen LogP contribution in [-0.4, -0.2) is 55.9 Å². The molecule has 0 aliphatic rings. The summed E-state index contributed by atoms with van der Waals surface area (Å²) in [5, 5.41) is 2.16. The molecule has 0 fully saturated rings. The van der Waals surface area contributed by atoms with Crippen molar-refractivity contribution in [3.63, 3.8) is 0 Å². The molecule has 156 valence electrons. The highest BCUT2D eigenvalue weighted by Gasteiger charge is 2.18. The van der Waals surface area contributed by atoms with Crippen molar-refractivity contribution in [1.29, 1.82) is 0 Å². The molecule has 0 unspecified atom stereocenters. The van der Waals surface area contributed by atoms with E-state index in [2.05, 4.69) is 5.32 Å². The third-order valence-corrected chi connectivity index (χ3v) is 4.11. The number of carbonyl (C=O) groups is 2. The Kier molecular flexibility index (Phi) is 7.60. The molecule has 0 aliphatic carbocycles. The van der Waals surface area contributed by atoms with Crippen molar-refractivity contribution in [2.75, 3.05) is 39.6 Å². The minimum atomic E-state index is -1.66. The lowest BCUT2D eigenvalue weighted by Crippen LogP contribution is -2.39. The molecule has 0 bridgehead atoms. The van der Waals surface area contributed by atoms with Crippen LogP contribution in [0.15, 0.2) is 36.4 Å². The quantitative estimate of drug-likeness (QED) is 0.681. The van der Waals surface area contributed by atoms with Gasteiger partial charge in [0.2, 0.25) is 11.8 Å². The smallest absolute Gasteiger partial charge is 0.238 e. The molecule has 2 amide bonds. The molecule has 6 nitrogen and oxygen atoms in total. The zero-order valence-electron chi connectivity index (χ0n) is 16.3. The van der Waals surface area contributed by atoms with Crippen LogP contribution in [-0.2, 0) is 16.1 Å². The summed E-state index contributed by atoms with van der Waals surface area (Å²) in [6.07, 6.45) is 0. The number of anilines is 1. The Morgan fingerprint density at radius 1 is 1.03 bits per heavy atom. The van der Waals surface area contributed by atoms with Gasteiger partial charge >= 0.3 is 0 Å². The fraction of sp³-hybridized carbons (Fsp3) is 0.300. The van der Waals surface area contributed by atoms with Gasteiger partial charge in [0.15, 0.2) is 17.5 Å². The summed E-state index contributed by atoms with van der Waals surface area (Å²) in [5.74, 6) is -4.70. The van der Waals surface area contributed by atoms with E-state index in [1.807, 2.05) is 18.2 Å². The van der Waals surface area contributed by atoms with E-state index in [0.717, 1.165) is 17.7 Å². The molecule has 0 heterocycles. The zero-order valence-corrected chi connectivity index (χ0v) is 16.3. The fourth-order valence-corrected chi connectivity index (χ4v) is 2.60. The second-order valence-electron chi connectivity index (χ2n) is 6.54. The van der Waals surface area contributed by atoms with Crippen LogP contribution in [0.2, 0.25) is 0 Å². The summed E-state index contributed by atoms with van der Waals surface area (Å²) in [6.45, 7) is 0.0570. The van der Waals surface area contributed by atoms with E-state index >= 15 is 0 Å². The largest absolute Gasteiger partial charge is 0.497 e. The molecule has 2 rings (SSSR count). The van der Waals surface area contributed by atoms with Gasteiger partial charge in [-0.25, -0.2) is 13.2 Å². The van der Waals surface area contributed by atoms with Crippen molar-refractivity contribution >= 4 is 17.5 Å². The first-order valence-electron chi connectivity index (χ1n) is 8.70. The molecule has 0 aromatic heterocycles. The Morgan fingerprint density at radius 3 is 2.45 bits per heavy atom. The molecule has 1 N–H and O–H groups in total. The fourth-order valence-electron chi connectivity index (χ4n) is 2.60. The lowest BCUT2D eigenvalue weighted by atomic mass is 10.2. The van der Waals surface area contributed by atoms with E-state index in [0.29, 0.717) is 12.3 Å². The summed E-state index contributed by atoms with van der Waals surface area (Å²) in [5.41, 5.74) is 0.415. The maximum absolute atomic E-state index is 13.6. The van der Waals surface area contributed by atoms with Gasteiger partial charge < -0.3 is 15.0 Å². The topological polar surface area (TPSA) is 61.9 Å². The maximum Gasteiger partial charge on any atom is 0.238 e. The number of nitrogens with zero attached hydrogens (tertiary/aromatic N) is 2. The Labute approximate surface area is 166 Å². The number of hydrogen-bond acceptors (Lipinski definition) is 4. The number of benzene rings is 2. The molecule has 0 saturated heterocycles. The average molecular weight is 409 g/mol. The number of rotatable bonds is 8. The molecular weight excluding hydrogens is 387 g/mol. The molecule has 0 radical (unpaired) electrons. The Bertz CT molecular complexity index is 893. The van der Waals surface area contributed by atoms with Gasteiger partial charge in [0, 0.05) is 13.6 Å². The minimum Gasteiger partial charge on any atom is -0.497 e. The average Bonchev–Trinajstić information content (AvgIpc) is 2.68. The van der Waals surface area contributed by atoms with E-state index in [1.54, 1.807) is 27.3 Å². The van der Waals surface area contributed by atoms with E-state index in [-0.39, 0.29) is 19.0 Å². The highest BCUT2D eigenvalue weighted by molar-refractivity contribution is 5.92. The van der Waals surface area contributed by atoms with Gasteiger partial charge in [-0.1, -0.05) is 12.1 Å². The Morgan fingerprint density at radius 2 is 1.76 bits per heavy atom. The van der Waals surface area contributed by atoms with Crippen LogP contribution in [0.1, 0.15) is 5.56 Å². The van der Waals surface area contributed by atoms with Crippen LogP contribution < -0.4 is 10.1 Å². The Balaban J connectivity index is 1.87. The van der Waals surface area contributed by atoms with Crippen molar-refractivity contribution in [3.05, 3.63) is 59.4 Å². The van der Waals surface area contributed by atoms with E-state index < -0.39 is 29.0 Å². The van der Waals surface area contributed by atoms with Crippen LogP contribution in [0.3, 0.4) is 0 Å². The minimum absolute atomic E-state index is 0.0614. The number of nitrogens with one attached hydrogen (secondary N) is 1. The highest BCUT2D eigenvalue weighted by Crippen LogP contribution is 2.19. The van der Waals surface area contributed by atoms with Crippen molar-refractivity contribution in [3.8, 4) is 5.75 Å². The number of ether oxygens (including phenoxy) is 1. The van der Waals surface area contributed by atoms with E-state index in [9.17, 15) is 22.8 Å². The van der Waals surface area contributed by atoms with Crippen molar-refractivity contribution in [2.45, 2.75) is 6.54 Å². The summed E-state index contributed by atoms with van der Waals surface area (Å²) in [6, 6.07) is 8.94. The standard InChI is InChI=1S/C20H22F3N3O3/c1-25(11-17(27)24-16-8-7-15(21)19(22)20(16)23)12-18(28)26(2)10-13-5-4-6-14(9-13)29-3/h4-9H,10-12H2,1-3H3,(H,24,27). The predicted molar refractivity (Wildman–Crippen MR) is 102 cm³/mol. The monoisotopic (exact) mass is 409 g/mol. The first-order valence-corrected chi connectivity index (χ1v) is 8.70. The SMILES string of the molecule is COc1cccc(CN(C)C(=O)CN(C)CC(=O)Nc2ccc(F)c(F)c2F)c1. The van der Waals surface area contributed by atoms with Gasteiger partial charge in [0.25, 0.3) is 0 Å². The van der Waals surface area contributed by atoms with Gasteiger partial charge in [0.1, 0.15) is 5.75 Å². The first kappa shape index (κ1) is 22.2. The van der Waals surface area contributed by atoms with Crippen LogP contribution in [0.4, 0.5) is 18.9 Å². The molecule has 0 aliphatic heterocycles. The van der Waals surface area contributed by atoms with Crippen LogP contribution in [0.25, 0.3) is 0 Å². The second-order valence-corrected chi connectivity index (χ2v) is 6.54. The highest BCUT2D eigenvalue weighted by atomic mass is 19.2. The van der Waals surface area contributed by atoms with Gasteiger partial charge in [-0.2, -0.15) is 0 Å². The van der Waals surface area contributed by atoms with E-state index in [1.165, 1.54) is 9.80 Å². The third-order valence-electron chi connectivity index (χ3n) is 4.11. The summed E-state index contributed by atoms with van der Waals surface area (Å²) in [4.78, 5) is 27.3. The van der Waals surface area contributed by atoms with Gasteiger partial charge in [0.05, 0.1) is 25.9 Å². The Hall–Kier alpha value is -3.07. The summed E-state index contributed by atoms with van der Waals surface area (Å²) < 4.78 is 44.9. The van der Waals surface area contributed by atoms with Gasteiger partial charge in [-0.3, -0.25) is 14.5 Å². The lowest BCUT2D eigenvalue weighted by Gasteiger charge is -2.22. The predicted octanol–water partition coefficient (Wildman–Crippen LogP) is 2.64. The van der Waals surface area contributed by atoms with Gasteiger partial charge in [-0.15, -0.1) is 0 Å². The van der Waals surface area contributed by atoms with Crippen molar-refractivity contribution in [1.82, 2.24) is 9.80 Å². The first-order chi connectivity index (χ1) is 13.7. The van der Waals surface area contributed by atoms with Crippen molar-refractivity contribution < 1.29 is 27.5 Å². The molecule has 29 heavy (non-hydrogen) atoms. The van der Waals surface area contributed by atoms with Crippen molar-refractivity contribution in [2.24, 2.45) is 0 Å². The zero-order chi connectivity index (χ0) is 21.6. The molecule has 0 saturated carbocycles. The lowest BCUT2D eigenvalue weighted by molar-refractivity contribution is -0.131. The number of carbonyl (C=O) groups excluding carboxylic acids is 2. The number of amides is 2. The molecule has 9 heteroatoms. The van der Waals surface area contributed by atoms with E-state index in [4.69, 9.17) is 4.74 Å². The normalized spacial score (nSPS) is 10.7. The van der Waals surface area contributed by atoms with Crippen LogP contribution in [0, 0.1) is 17.5 Å². The molecule has 0 atom stereocenters. The second kappa shape index (κ2) is 9.92. The van der Waals surface area contributed by atoms with Crippen LogP contribution >= 0.6 is 0 Å². The number of likely N-dealkylation sites (N-methyl/N-ethyl adjacent to an activating group) is 2. The summed E-state index contributed by atoms with van der Waals surface area (Å²) in [7, 11) is 4.73. The maximum atomic E-state index is 13.6.